The van der Waals surface area contributed by atoms with E-state index in [0.717, 1.165) is 77.2 Å². The van der Waals surface area contributed by atoms with Gasteiger partial charge in [-0.1, -0.05) is 62.4 Å². The summed E-state index contributed by atoms with van der Waals surface area (Å²) in [5.41, 5.74) is 5.52. The van der Waals surface area contributed by atoms with Gasteiger partial charge in [0.05, 0.1) is 67.8 Å². The zero-order chi connectivity index (χ0) is 46.2. The fourth-order valence-electron chi connectivity index (χ4n) is 9.11. The molecule has 2 aromatic heterocycles. The second-order valence-corrected chi connectivity index (χ2v) is 20.2. The van der Waals surface area contributed by atoms with E-state index in [1.807, 2.05) is 49.2 Å². The van der Waals surface area contributed by atoms with E-state index < -0.39 is 52.0 Å². The number of rotatable bonds is 13. The highest BCUT2D eigenvalue weighted by atomic mass is 32.2. The number of nitrogens with one attached hydrogen (secondary N) is 4. The first kappa shape index (κ1) is 44.9. The Morgan fingerprint density at radius 2 is 1.38 bits per heavy atom. The van der Waals surface area contributed by atoms with Crippen molar-refractivity contribution >= 4 is 44.6 Å². The molecule has 3 fully saturated rings. The Morgan fingerprint density at radius 1 is 0.815 bits per heavy atom. The predicted octanol–water partition coefficient (Wildman–Crippen LogP) is 6.29. The molecule has 3 aliphatic rings. The number of alkyl carbamates (subject to hydrolysis) is 2. The van der Waals surface area contributed by atoms with Gasteiger partial charge in [0.2, 0.25) is 11.8 Å². The smallest absolute Gasteiger partial charge is 0.407 e. The standard InChI is InChI=1S/C47H53N9O8S/c1-27(2)40(54-46(60)64-4)44(58)56-26-47(15-16-47)21-39(56)42-50-24-37(52-42)34-13-12-32-19-31(10-11-33(32)20-34)29-6-8-30(9-7-29)36-23-49-41(51-36)38-18-28(22-48)25-55(38)43(57)35(53-45(59)63-3)14-17-65(5,61)62/h6-13,19-20,23-24,27-28,35,38-40H,14-18,21,25-26H2,1-5H3,(H,49,51)(H,50,52)(H,53,59)(H,54,60). The number of nitrogens with zero attached hydrogens (tertiary/aromatic N) is 5. The van der Waals surface area contributed by atoms with Crippen LogP contribution in [0.5, 0.6) is 0 Å². The molecule has 4 N–H and O–H groups in total. The fraction of sp³-hybridized carbons (Fsp3) is 0.426. The molecule has 18 heteroatoms. The van der Waals surface area contributed by atoms with Crippen LogP contribution in [0.25, 0.3) is 44.4 Å². The second-order valence-electron chi connectivity index (χ2n) is 17.9. The van der Waals surface area contributed by atoms with Gasteiger partial charge in [-0.05, 0) is 83.0 Å². The maximum Gasteiger partial charge on any atom is 0.407 e. The maximum absolute atomic E-state index is 13.9. The number of H-pyrrole nitrogens is 2. The maximum atomic E-state index is 13.9. The number of methoxy groups -OCH3 is 2. The predicted molar refractivity (Wildman–Crippen MR) is 241 cm³/mol. The molecule has 8 rings (SSSR count). The van der Waals surface area contributed by atoms with Gasteiger partial charge < -0.3 is 39.9 Å². The minimum Gasteiger partial charge on any atom is -0.453 e. The SMILES string of the molecule is COC(=O)NC(CCS(C)(=O)=O)C(=O)N1CC(C#N)CC1c1ncc(-c2ccc(-c3ccc4cc(-c5cnc(C6CC7(CC7)CN6C(=O)C(NC(=O)OC)C(C)C)[nH]5)ccc4c3)cc2)[nH]1. The van der Waals surface area contributed by atoms with Crippen LogP contribution in [-0.4, -0.2) is 114 Å². The number of hydrogen-bond donors (Lipinski definition) is 4. The van der Waals surface area contributed by atoms with Crippen LogP contribution in [0.1, 0.15) is 69.7 Å². The number of benzene rings is 3. The van der Waals surface area contributed by atoms with Crippen molar-refractivity contribution < 1.29 is 37.1 Å². The summed E-state index contributed by atoms with van der Waals surface area (Å²) in [6.45, 7) is 4.55. The average Bonchev–Trinajstić information content (AvgIpc) is 3.80. The molecule has 1 spiro atoms. The lowest BCUT2D eigenvalue weighted by molar-refractivity contribution is -0.136. The number of aromatic nitrogens is 4. The minimum absolute atomic E-state index is 0.0953. The van der Waals surface area contributed by atoms with Crippen LogP contribution in [-0.2, 0) is 28.9 Å². The van der Waals surface area contributed by atoms with Gasteiger partial charge in [0.25, 0.3) is 0 Å². The molecule has 65 heavy (non-hydrogen) atoms. The summed E-state index contributed by atoms with van der Waals surface area (Å²) in [5, 5.41) is 17.1. The average molecular weight is 904 g/mol. The highest BCUT2D eigenvalue weighted by molar-refractivity contribution is 7.90. The first-order chi connectivity index (χ1) is 31.1. The van der Waals surface area contributed by atoms with Crippen LogP contribution in [0.3, 0.4) is 0 Å². The van der Waals surface area contributed by atoms with E-state index in [1.54, 1.807) is 6.20 Å². The van der Waals surface area contributed by atoms with Crippen LogP contribution in [0.15, 0.2) is 73.1 Å². The van der Waals surface area contributed by atoms with Gasteiger partial charge in [-0.25, -0.2) is 28.0 Å². The molecule has 2 aliphatic heterocycles. The lowest BCUT2D eigenvalue weighted by atomic mass is 9.98. The van der Waals surface area contributed by atoms with Crippen molar-refractivity contribution in [2.75, 3.05) is 39.3 Å². The molecule has 2 saturated heterocycles. The molecule has 4 heterocycles. The number of aromatic amines is 2. The van der Waals surface area contributed by atoms with Crippen LogP contribution in [0.2, 0.25) is 0 Å². The molecule has 0 bridgehead atoms. The Kier molecular flexibility index (Phi) is 12.4. The fourth-order valence-corrected chi connectivity index (χ4v) is 9.78. The van der Waals surface area contributed by atoms with Crippen LogP contribution < -0.4 is 10.6 Å². The zero-order valence-electron chi connectivity index (χ0n) is 37.0. The molecular weight excluding hydrogens is 851 g/mol. The Bertz CT molecular complexity index is 2770. The van der Waals surface area contributed by atoms with Crippen molar-refractivity contribution in [3.8, 4) is 39.7 Å². The highest BCUT2D eigenvalue weighted by Gasteiger charge is 2.55. The molecule has 340 valence electrons. The Hall–Kier alpha value is -6.74. The van der Waals surface area contributed by atoms with E-state index >= 15 is 0 Å². The Labute approximate surface area is 377 Å². The number of imidazole rings is 2. The molecule has 4 amide bonds. The van der Waals surface area contributed by atoms with Crippen molar-refractivity contribution in [1.29, 1.82) is 5.26 Å². The number of carbonyl (C=O) groups excluding carboxylic acids is 4. The molecule has 17 nitrogen and oxygen atoms in total. The van der Waals surface area contributed by atoms with Crippen LogP contribution >= 0.6 is 0 Å². The summed E-state index contributed by atoms with van der Waals surface area (Å²) in [5.74, 6) is -0.383. The Balaban J connectivity index is 0.959. The molecule has 5 unspecified atom stereocenters. The van der Waals surface area contributed by atoms with Gasteiger partial charge in [-0.3, -0.25) is 9.59 Å². The number of likely N-dealkylation sites (tertiary alicyclic amines) is 2. The van der Waals surface area contributed by atoms with Crippen molar-refractivity contribution in [3.05, 3.63) is 84.7 Å². The van der Waals surface area contributed by atoms with Crippen LogP contribution in [0.4, 0.5) is 9.59 Å². The zero-order valence-corrected chi connectivity index (χ0v) is 37.8. The van der Waals surface area contributed by atoms with Crippen molar-refractivity contribution in [2.45, 2.75) is 70.1 Å². The topological polar surface area (TPSA) is 233 Å². The van der Waals surface area contributed by atoms with Gasteiger partial charge in [-0.15, -0.1) is 0 Å². The molecular formula is C47H53N9O8S. The molecule has 1 saturated carbocycles. The number of fused-ring (bicyclic) bond motifs is 1. The minimum atomic E-state index is -3.44. The van der Waals surface area contributed by atoms with Crippen LogP contribution in [0, 0.1) is 28.6 Å². The number of sulfone groups is 1. The van der Waals surface area contributed by atoms with Crippen molar-refractivity contribution in [3.63, 3.8) is 0 Å². The van der Waals surface area contributed by atoms with Gasteiger partial charge >= 0.3 is 12.2 Å². The van der Waals surface area contributed by atoms with Gasteiger partial charge in [0, 0.05) is 24.9 Å². The van der Waals surface area contributed by atoms with E-state index in [1.165, 1.54) is 12.0 Å². The van der Waals surface area contributed by atoms with E-state index in [-0.39, 0.29) is 42.0 Å². The van der Waals surface area contributed by atoms with E-state index in [4.69, 9.17) is 9.72 Å². The lowest BCUT2D eigenvalue weighted by Crippen LogP contribution is -2.51. The van der Waals surface area contributed by atoms with Gasteiger partial charge in [0.1, 0.15) is 33.6 Å². The molecule has 5 atom stereocenters. The largest absolute Gasteiger partial charge is 0.453 e. The summed E-state index contributed by atoms with van der Waals surface area (Å²) < 4.78 is 33.4. The Morgan fingerprint density at radius 3 is 1.98 bits per heavy atom. The number of amides is 4. The summed E-state index contributed by atoms with van der Waals surface area (Å²) in [7, 11) is -0.989. The summed E-state index contributed by atoms with van der Waals surface area (Å²) in [6, 6.07) is 20.1. The third-order valence-electron chi connectivity index (χ3n) is 13.0. The normalized spacial score (nSPS) is 19.8. The second kappa shape index (κ2) is 18.0. The summed E-state index contributed by atoms with van der Waals surface area (Å²) >= 11 is 0. The number of nitriles is 1. The number of carbonyl (C=O) groups is 4. The number of hydrogen-bond acceptors (Lipinski definition) is 11. The van der Waals surface area contributed by atoms with Gasteiger partial charge in [0.15, 0.2) is 0 Å². The van der Waals surface area contributed by atoms with Crippen molar-refractivity contribution in [1.82, 2.24) is 40.4 Å². The number of ether oxygens (including phenoxy) is 2. The quantitative estimate of drug-likeness (QED) is 0.102. The monoisotopic (exact) mass is 903 g/mol. The summed E-state index contributed by atoms with van der Waals surface area (Å²) in [4.78, 5) is 71.6. The lowest BCUT2D eigenvalue weighted by Gasteiger charge is -2.30. The van der Waals surface area contributed by atoms with E-state index in [9.17, 15) is 32.9 Å². The first-order valence-corrected chi connectivity index (χ1v) is 23.8. The van der Waals surface area contributed by atoms with E-state index in [2.05, 4.69) is 72.8 Å². The molecule has 3 aromatic carbocycles. The molecule has 0 radical (unpaired) electrons. The third kappa shape index (κ3) is 9.70. The molecule has 1 aliphatic carbocycles. The third-order valence-corrected chi connectivity index (χ3v) is 13.9. The molecule has 5 aromatic rings. The van der Waals surface area contributed by atoms with Gasteiger partial charge in [-0.2, -0.15) is 5.26 Å². The highest BCUT2D eigenvalue weighted by Crippen LogP contribution is 2.58. The summed E-state index contributed by atoms with van der Waals surface area (Å²) in [6.07, 6.45) is 6.17. The first-order valence-electron chi connectivity index (χ1n) is 21.7. The van der Waals surface area contributed by atoms with E-state index in [0.29, 0.717) is 24.5 Å². The van der Waals surface area contributed by atoms with Crippen molar-refractivity contribution in [2.24, 2.45) is 17.3 Å².